The zero-order chi connectivity index (χ0) is 23.1. The average molecular weight is 465 g/mol. The van der Waals surface area contributed by atoms with Crippen molar-refractivity contribution in [3.05, 3.63) is 29.8 Å². The molecule has 0 spiro atoms. The van der Waals surface area contributed by atoms with Crippen molar-refractivity contribution in [1.82, 2.24) is 19.4 Å². The molecule has 180 valence electrons. The van der Waals surface area contributed by atoms with Gasteiger partial charge in [-0.1, -0.05) is 32.4 Å². The van der Waals surface area contributed by atoms with E-state index in [1.54, 1.807) is 12.1 Å². The van der Waals surface area contributed by atoms with Crippen LogP contribution in [0.4, 0.5) is 0 Å². The molecule has 1 amide bonds. The van der Waals surface area contributed by atoms with E-state index < -0.39 is 10.0 Å². The molecule has 1 aromatic carbocycles. The third-order valence-corrected chi connectivity index (χ3v) is 8.72. The zero-order valence-corrected chi connectivity index (χ0v) is 20.7. The maximum atomic E-state index is 13.5. The summed E-state index contributed by atoms with van der Waals surface area (Å²) in [6, 6.07) is 7.68. The highest BCUT2D eigenvalue weighted by atomic mass is 32.2. The van der Waals surface area contributed by atoms with Gasteiger partial charge in [0.15, 0.2) is 0 Å². The Kier molecular flexibility index (Phi) is 9.11. The molecule has 2 aliphatic rings. The number of carbonyl (C=O) groups is 1. The van der Waals surface area contributed by atoms with Crippen LogP contribution in [0.25, 0.3) is 0 Å². The van der Waals surface area contributed by atoms with Crippen LogP contribution in [0.2, 0.25) is 0 Å². The monoisotopic (exact) mass is 464 g/mol. The number of piperazine rings is 1. The number of nitrogens with zero attached hydrogens (tertiary/aromatic N) is 3. The van der Waals surface area contributed by atoms with Gasteiger partial charge >= 0.3 is 0 Å². The van der Waals surface area contributed by atoms with E-state index in [0.717, 1.165) is 38.0 Å². The van der Waals surface area contributed by atoms with Gasteiger partial charge in [0.25, 0.3) is 0 Å². The van der Waals surface area contributed by atoms with E-state index in [2.05, 4.69) is 31.0 Å². The lowest BCUT2D eigenvalue weighted by molar-refractivity contribution is -0.131. The third kappa shape index (κ3) is 6.53. The van der Waals surface area contributed by atoms with Crippen molar-refractivity contribution < 1.29 is 13.2 Å². The minimum atomic E-state index is -3.66. The molecule has 1 N–H and O–H groups in total. The Morgan fingerprint density at radius 1 is 1.09 bits per heavy atom. The fraction of sp³-hybridized carbons (Fsp3) is 0.708. The van der Waals surface area contributed by atoms with E-state index in [9.17, 15) is 13.2 Å². The Morgan fingerprint density at radius 3 is 2.41 bits per heavy atom. The molecular formula is C24H40N4O3S. The second-order valence-corrected chi connectivity index (χ2v) is 11.3. The molecule has 8 heteroatoms. The number of piperidine rings is 1. The molecule has 0 unspecified atom stereocenters. The SMILES string of the molecule is CC(C)c1ccc(S(=O)(=O)N(CCC(=O)N2CCNCC2)CCN2CCCC[C@@H]2C)cc1. The summed E-state index contributed by atoms with van der Waals surface area (Å²) in [6.07, 6.45) is 3.78. The lowest BCUT2D eigenvalue weighted by atomic mass is 10.0. The summed E-state index contributed by atoms with van der Waals surface area (Å²) in [4.78, 5) is 17.2. The molecule has 0 radical (unpaired) electrons. The van der Waals surface area contributed by atoms with Crippen LogP contribution in [0.1, 0.15) is 57.9 Å². The van der Waals surface area contributed by atoms with Gasteiger partial charge in [-0.05, 0) is 49.9 Å². The summed E-state index contributed by atoms with van der Waals surface area (Å²) < 4.78 is 28.6. The Hall–Kier alpha value is -1.48. The summed E-state index contributed by atoms with van der Waals surface area (Å²) in [6.45, 7) is 11.7. The molecule has 7 nitrogen and oxygen atoms in total. The summed E-state index contributed by atoms with van der Waals surface area (Å²) in [5.74, 6) is 0.383. The van der Waals surface area contributed by atoms with Crippen LogP contribution in [0.5, 0.6) is 0 Å². The number of amides is 1. The Labute approximate surface area is 194 Å². The highest BCUT2D eigenvalue weighted by Gasteiger charge is 2.28. The molecule has 3 rings (SSSR count). The third-order valence-electron chi connectivity index (χ3n) is 6.81. The van der Waals surface area contributed by atoms with Crippen LogP contribution in [0.3, 0.4) is 0 Å². The molecule has 2 heterocycles. The van der Waals surface area contributed by atoms with E-state index >= 15 is 0 Å². The molecule has 0 saturated carbocycles. The molecule has 1 aromatic rings. The maximum Gasteiger partial charge on any atom is 0.243 e. The first-order valence-electron chi connectivity index (χ1n) is 12.1. The minimum absolute atomic E-state index is 0.0354. The van der Waals surface area contributed by atoms with E-state index in [-0.39, 0.29) is 18.9 Å². The maximum absolute atomic E-state index is 13.5. The van der Waals surface area contributed by atoms with E-state index in [1.807, 2.05) is 17.0 Å². The standard InChI is InChI=1S/C24H40N4O3S/c1-20(2)22-7-9-23(10-8-22)32(30,31)28(19-18-26-14-5-4-6-21(26)3)15-11-24(29)27-16-12-25-13-17-27/h7-10,20-21,25H,4-6,11-19H2,1-3H3/t21-/m0/s1. The van der Waals surface area contributed by atoms with Gasteiger partial charge in [-0.3, -0.25) is 9.69 Å². The molecule has 2 saturated heterocycles. The Balaban J connectivity index is 1.72. The van der Waals surface area contributed by atoms with Gasteiger partial charge in [-0.2, -0.15) is 4.31 Å². The lowest BCUT2D eigenvalue weighted by Crippen LogP contribution is -2.48. The van der Waals surface area contributed by atoms with Gasteiger partial charge in [0, 0.05) is 58.3 Å². The predicted molar refractivity (Wildman–Crippen MR) is 128 cm³/mol. The van der Waals surface area contributed by atoms with E-state index in [4.69, 9.17) is 0 Å². The molecular weight excluding hydrogens is 424 g/mol. The molecule has 0 bridgehead atoms. The topological polar surface area (TPSA) is 73.0 Å². The molecule has 1 atom stereocenters. The highest BCUT2D eigenvalue weighted by molar-refractivity contribution is 7.89. The fourth-order valence-electron chi connectivity index (χ4n) is 4.55. The van der Waals surface area contributed by atoms with Gasteiger partial charge < -0.3 is 10.2 Å². The number of likely N-dealkylation sites (tertiary alicyclic amines) is 1. The fourth-order valence-corrected chi connectivity index (χ4v) is 5.98. The van der Waals surface area contributed by atoms with Gasteiger partial charge in [0.1, 0.15) is 0 Å². The van der Waals surface area contributed by atoms with Crippen LogP contribution in [-0.4, -0.2) is 86.8 Å². The van der Waals surface area contributed by atoms with Gasteiger partial charge in [0.2, 0.25) is 15.9 Å². The number of nitrogens with one attached hydrogen (secondary N) is 1. The number of hydrogen-bond donors (Lipinski definition) is 1. The summed E-state index contributed by atoms with van der Waals surface area (Å²) in [5.41, 5.74) is 1.12. The first-order chi connectivity index (χ1) is 15.3. The van der Waals surface area contributed by atoms with Crippen molar-refractivity contribution in [2.24, 2.45) is 0 Å². The number of rotatable bonds is 9. The van der Waals surface area contributed by atoms with E-state index in [1.165, 1.54) is 10.7 Å². The number of carbonyl (C=O) groups excluding carboxylic acids is 1. The van der Waals surface area contributed by atoms with E-state index in [0.29, 0.717) is 43.0 Å². The molecule has 32 heavy (non-hydrogen) atoms. The number of sulfonamides is 1. The van der Waals surface area contributed by atoms with Crippen LogP contribution < -0.4 is 5.32 Å². The normalized spacial score (nSPS) is 20.8. The van der Waals surface area contributed by atoms with Crippen molar-refractivity contribution in [2.75, 3.05) is 52.4 Å². The molecule has 0 aromatic heterocycles. The minimum Gasteiger partial charge on any atom is -0.340 e. The van der Waals surface area contributed by atoms with Gasteiger partial charge in [0.05, 0.1) is 4.90 Å². The molecule has 0 aliphatic carbocycles. The quantitative estimate of drug-likeness (QED) is 0.608. The summed E-state index contributed by atoms with van der Waals surface area (Å²) in [7, 11) is -3.66. The van der Waals surface area contributed by atoms with Crippen molar-refractivity contribution in [2.45, 2.75) is 63.3 Å². The largest absolute Gasteiger partial charge is 0.340 e. The van der Waals surface area contributed by atoms with Crippen LogP contribution >= 0.6 is 0 Å². The predicted octanol–water partition coefficient (Wildman–Crippen LogP) is 2.50. The highest BCUT2D eigenvalue weighted by Crippen LogP contribution is 2.22. The van der Waals surface area contributed by atoms with Crippen LogP contribution in [0.15, 0.2) is 29.2 Å². The first-order valence-corrected chi connectivity index (χ1v) is 13.6. The summed E-state index contributed by atoms with van der Waals surface area (Å²) in [5, 5.41) is 3.25. The lowest BCUT2D eigenvalue weighted by Gasteiger charge is -2.35. The first kappa shape index (κ1) is 25.1. The van der Waals surface area contributed by atoms with Crippen LogP contribution in [0, 0.1) is 0 Å². The summed E-state index contributed by atoms with van der Waals surface area (Å²) >= 11 is 0. The zero-order valence-electron chi connectivity index (χ0n) is 19.9. The van der Waals surface area contributed by atoms with Crippen LogP contribution in [-0.2, 0) is 14.8 Å². The van der Waals surface area contributed by atoms with Gasteiger partial charge in [-0.15, -0.1) is 0 Å². The van der Waals surface area contributed by atoms with Crippen molar-refractivity contribution in [3.8, 4) is 0 Å². The van der Waals surface area contributed by atoms with Crippen molar-refractivity contribution in [1.29, 1.82) is 0 Å². The molecule has 2 fully saturated rings. The second kappa shape index (κ2) is 11.6. The average Bonchev–Trinajstić information content (AvgIpc) is 2.80. The Morgan fingerprint density at radius 2 is 1.78 bits per heavy atom. The second-order valence-electron chi connectivity index (χ2n) is 9.39. The number of benzene rings is 1. The van der Waals surface area contributed by atoms with Crippen molar-refractivity contribution >= 4 is 15.9 Å². The number of hydrogen-bond acceptors (Lipinski definition) is 5. The Bertz CT molecular complexity index is 835. The van der Waals surface area contributed by atoms with Crippen molar-refractivity contribution in [3.63, 3.8) is 0 Å². The van der Waals surface area contributed by atoms with Gasteiger partial charge in [-0.25, -0.2) is 8.42 Å². The smallest absolute Gasteiger partial charge is 0.243 e. The molecule has 2 aliphatic heterocycles.